The zero-order valence-corrected chi connectivity index (χ0v) is 10.4. The number of nitrogens with one attached hydrogen (secondary N) is 1. The molecular weight excluding hydrogens is 232 g/mol. The summed E-state index contributed by atoms with van der Waals surface area (Å²) in [6.07, 6.45) is 0. The van der Waals surface area contributed by atoms with Gasteiger partial charge in [0.15, 0.2) is 0 Å². The fourth-order valence-electron chi connectivity index (χ4n) is 1.56. The van der Waals surface area contributed by atoms with Gasteiger partial charge in [-0.1, -0.05) is 18.2 Å². The summed E-state index contributed by atoms with van der Waals surface area (Å²) < 4.78 is 0. The number of amides is 1. The molecule has 3 N–H and O–H groups in total. The topological polar surface area (TPSA) is 55.1 Å². The van der Waals surface area contributed by atoms with Gasteiger partial charge in [0.2, 0.25) is 0 Å². The molecule has 0 unspecified atom stereocenters. The third kappa shape index (κ3) is 2.65. The molecule has 2 aromatic rings. The Labute approximate surface area is 104 Å². The molecule has 1 aromatic heterocycles. The molecule has 0 aliphatic rings. The number of aryl methyl sites for hydroxylation is 1. The van der Waals surface area contributed by atoms with E-state index in [0.717, 1.165) is 16.7 Å². The standard InChI is InChI=1S/C13H14N2OS/c1-9-7-17-8-11(9)13(16)15-6-10-4-2-3-5-12(10)14/h2-5,7-8H,6,14H2,1H3,(H,15,16). The van der Waals surface area contributed by atoms with Gasteiger partial charge in [0.1, 0.15) is 0 Å². The van der Waals surface area contributed by atoms with E-state index in [4.69, 9.17) is 5.73 Å². The third-order valence-corrected chi connectivity index (χ3v) is 3.46. The largest absolute Gasteiger partial charge is 0.398 e. The minimum atomic E-state index is -0.0491. The Hall–Kier alpha value is -1.81. The molecule has 0 bridgehead atoms. The molecule has 2 rings (SSSR count). The Kier molecular flexibility index (Phi) is 3.44. The first-order chi connectivity index (χ1) is 8.18. The Balaban J connectivity index is 2.02. The van der Waals surface area contributed by atoms with Crippen molar-refractivity contribution in [1.29, 1.82) is 0 Å². The molecule has 3 nitrogen and oxygen atoms in total. The summed E-state index contributed by atoms with van der Waals surface area (Å²) in [5.41, 5.74) is 9.20. The maximum atomic E-state index is 11.9. The van der Waals surface area contributed by atoms with E-state index >= 15 is 0 Å². The minimum absolute atomic E-state index is 0.0491. The van der Waals surface area contributed by atoms with Crippen LogP contribution in [-0.2, 0) is 6.54 Å². The quantitative estimate of drug-likeness (QED) is 0.818. The van der Waals surface area contributed by atoms with Crippen LogP contribution in [0.15, 0.2) is 35.0 Å². The van der Waals surface area contributed by atoms with E-state index in [9.17, 15) is 4.79 Å². The number of nitrogen functional groups attached to an aromatic ring is 1. The molecule has 88 valence electrons. The first kappa shape index (κ1) is 11.7. The Bertz CT molecular complexity index is 534. The second-order valence-corrected chi connectivity index (χ2v) is 4.59. The van der Waals surface area contributed by atoms with Gasteiger partial charge in [-0.3, -0.25) is 4.79 Å². The van der Waals surface area contributed by atoms with Crippen LogP contribution in [0, 0.1) is 6.92 Å². The van der Waals surface area contributed by atoms with Gasteiger partial charge in [-0.25, -0.2) is 0 Å². The molecule has 1 amide bonds. The van der Waals surface area contributed by atoms with Gasteiger partial charge < -0.3 is 11.1 Å². The molecule has 0 radical (unpaired) electrons. The molecular formula is C13H14N2OS. The van der Waals surface area contributed by atoms with E-state index in [2.05, 4.69) is 5.32 Å². The van der Waals surface area contributed by atoms with Crippen molar-refractivity contribution in [2.24, 2.45) is 0 Å². The van der Waals surface area contributed by atoms with Crippen LogP contribution in [0.2, 0.25) is 0 Å². The number of benzene rings is 1. The van der Waals surface area contributed by atoms with Gasteiger partial charge in [-0.2, -0.15) is 11.3 Å². The molecule has 1 aromatic carbocycles. The average Bonchev–Trinajstić information content (AvgIpc) is 2.74. The molecule has 0 fully saturated rings. The zero-order valence-electron chi connectivity index (χ0n) is 9.57. The smallest absolute Gasteiger partial charge is 0.252 e. The fraction of sp³-hybridized carbons (Fsp3) is 0.154. The number of rotatable bonds is 3. The van der Waals surface area contributed by atoms with Crippen LogP contribution in [0.5, 0.6) is 0 Å². The van der Waals surface area contributed by atoms with Crippen LogP contribution in [-0.4, -0.2) is 5.91 Å². The second kappa shape index (κ2) is 5.01. The van der Waals surface area contributed by atoms with E-state index in [1.54, 1.807) is 0 Å². The lowest BCUT2D eigenvalue weighted by molar-refractivity contribution is 0.0951. The van der Waals surface area contributed by atoms with Crippen molar-refractivity contribution < 1.29 is 4.79 Å². The Morgan fingerprint density at radius 1 is 1.35 bits per heavy atom. The molecule has 0 saturated heterocycles. The van der Waals surface area contributed by atoms with Gasteiger partial charge in [-0.05, 0) is 29.5 Å². The van der Waals surface area contributed by atoms with Crippen LogP contribution >= 0.6 is 11.3 Å². The van der Waals surface area contributed by atoms with E-state index < -0.39 is 0 Å². The Morgan fingerprint density at radius 2 is 2.12 bits per heavy atom. The highest BCUT2D eigenvalue weighted by atomic mass is 32.1. The van der Waals surface area contributed by atoms with Crippen molar-refractivity contribution >= 4 is 22.9 Å². The van der Waals surface area contributed by atoms with Crippen LogP contribution in [0.1, 0.15) is 21.5 Å². The van der Waals surface area contributed by atoms with Gasteiger partial charge in [0.25, 0.3) is 5.91 Å². The monoisotopic (exact) mass is 246 g/mol. The summed E-state index contributed by atoms with van der Waals surface area (Å²) in [7, 11) is 0. The van der Waals surface area contributed by atoms with Crippen LogP contribution in [0.3, 0.4) is 0 Å². The summed E-state index contributed by atoms with van der Waals surface area (Å²) >= 11 is 1.53. The number of hydrogen-bond donors (Lipinski definition) is 2. The number of hydrogen-bond acceptors (Lipinski definition) is 3. The zero-order chi connectivity index (χ0) is 12.3. The van der Waals surface area contributed by atoms with Gasteiger partial charge in [0.05, 0.1) is 5.56 Å². The number of anilines is 1. The van der Waals surface area contributed by atoms with Crippen molar-refractivity contribution in [2.45, 2.75) is 13.5 Å². The average molecular weight is 246 g/mol. The van der Waals surface area contributed by atoms with Crippen LogP contribution in [0.25, 0.3) is 0 Å². The number of nitrogens with two attached hydrogens (primary N) is 1. The molecule has 0 aliphatic carbocycles. The van der Waals surface area contributed by atoms with Gasteiger partial charge >= 0.3 is 0 Å². The SMILES string of the molecule is Cc1cscc1C(=O)NCc1ccccc1N. The molecule has 0 saturated carbocycles. The van der Waals surface area contributed by atoms with Crippen molar-refractivity contribution in [3.05, 3.63) is 51.7 Å². The Morgan fingerprint density at radius 3 is 2.76 bits per heavy atom. The summed E-state index contributed by atoms with van der Waals surface area (Å²) in [5, 5.41) is 6.69. The first-order valence-electron chi connectivity index (χ1n) is 5.33. The predicted molar refractivity (Wildman–Crippen MR) is 71.1 cm³/mol. The number of carbonyl (C=O) groups is 1. The fourth-order valence-corrected chi connectivity index (χ4v) is 2.39. The van der Waals surface area contributed by atoms with Gasteiger partial charge in [-0.15, -0.1) is 0 Å². The molecule has 1 heterocycles. The number of para-hydroxylation sites is 1. The summed E-state index contributed by atoms with van der Waals surface area (Å²) in [4.78, 5) is 11.9. The van der Waals surface area contributed by atoms with Crippen molar-refractivity contribution in [3.63, 3.8) is 0 Å². The van der Waals surface area contributed by atoms with Gasteiger partial charge in [0, 0.05) is 17.6 Å². The third-order valence-electron chi connectivity index (χ3n) is 2.59. The molecule has 0 atom stereocenters. The highest BCUT2D eigenvalue weighted by Gasteiger charge is 2.09. The first-order valence-corrected chi connectivity index (χ1v) is 6.27. The minimum Gasteiger partial charge on any atom is -0.398 e. The summed E-state index contributed by atoms with van der Waals surface area (Å²) in [6.45, 7) is 2.39. The molecule has 4 heteroatoms. The van der Waals surface area contributed by atoms with E-state index in [1.807, 2.05) is 41.9 Å². The lowest BCUT2D eigenvalue weighted by Crippen LogP contribution is -2.23. The number of carbonyl (C=O) groups excluding carboxylic acids is 1. The van der Waals surface area contributed by atoms with E-state index in [1.165, 1.54) is 11.3 Å². The normalized spacial score (nSPS) is 10.2. The van der Waals surface area contributed by atoms with E-state index in [-0.39, 0.29) is 5.91 Å². The van der Waals surface area contributed by atoms with Crippen LogP contribution < -0.4 is 11.1 Å². The predicted octanol–water partition coefficient (Wildman–Crippen LogP) is 2.57. The molecule has 17 heavy (non-hydrogen) atoms. The van der Waals surface area contributed by atoms with E-state index in [0.29, 0.717) is 12.2 Å². The van der Waals surface area contributed by atoms with Crippen molar-refractivity contribution in [3.8, 4) is 0 Å². The van der Waals surface area contributed by atoms with Crippen molar-refractivity contribution in [1.82, 2.24) is 5.32 Å². The van der Waals surface area contributed by atoms with Crippen molar-refractivity contribution in [2.75, 3.05) is 5.73 Å². The number of thiophene rings is 1. The summed E-state index contributed by atoms with van der Waals surface area (Å²) in [5.74, 6) is -0.0491. The lowest BCUT2D eigenvalue weighted by Gasteiger charge is -2.07. The maximum absolute atomic E-state index is 11.9. The molecule has 0 aliphatic heterocycles. The second-order valence-electron chi connectivity index (χ2n) is 3.85. The molecule has 0 spiro atoms. The summed E-state index contributed by atoms with van der Waals surface area (Å²) in [6, 6.07) is 7.53. The highest BCUT2D eigenvalue weighted by molar-refractivity contribution is 7.08. The maximum Gasteiger partial charge on any atom is 0.252 e. The van der Waals surface area contributed by atoms with Crippen LogP contribution in [0.4, 0.5) is 5.69 Å². The lowest BCUT2D eigenvalue weighted by atomic mass is 10.1. The highest BCUT2D eigenvalue weighted by Crippen LogP contribution is 2.14.